The minimum absolute atomic E-state index is 0.00871. The van der Waals surface area contributed by atoms with Crippen LogP contribution < -0.4 is 14.8 Å². The number of sulfonamides is 2. The van der Waals surface area contributed by atoms with Crippen LogP contribution in [-0.2, 0) is 24.8 Å². The van der Waals surface area contributed by atoms with Gasteiger partial charge in [-0.2, -0.15) is 8.75 Å². The first-order valence-corrected chi connectivity index (χ1v) is 22.5. The Morgan fingerprint density at radius 1 is 0.768 bits per heavy atom. The lowest BCUT2D eigenvalue weighted by atomic mass is 9.89. The summed E-state index contributed by atoms with van der Waals surface area (Å²) >= 11 is 1.99. The van der Waals surface area contributed by atoms with Crippen molar-refractivity contribution < 1.29 is 26.0 Å². The molecular weight excluding hydrogens is 798 g/mol. The molecule has 2 saturated heterocycles. The lowest BCUT2D eigenvalue weighted by Crippen LogP contribution is -2.41. The molecule has 56 heavy (non-hydrogen) atoms. The van der Waals surface area contributed by atoms with Crippen molar-refractivity contribution in [3.63, 3.8) is 0 Å². The third kappa shape index (κ3) is 9.07. The van der Waals surface area contributed by atoms with Gasteiger partial charge in [0, 0.05) is 47.7 Å². The minimum Gasteiger partial charge on any atom is -0.341 e. The van der Waals surface area contributed by atoms with Gasteiger partial charge in [0.2, 0.25) is 16.2 Å². The summed E-state index contributed by atoms with van der Waals surface area (Å²) in [7, 11) is -7.31. The van der Waals surface area contributed by atoms with Crippen LogP contribution in [0.3, 0.4) is 0 Å². The van der Waals surface area contributed by atoms with Gasteiger partial charge < -0.3 is 14.8 Å². The number of nitrogens with one attached hydrogen (secondary N) is 3. The zero-order valence-electron chi connectivity index (χ0n) is 30.3. The van der Waals surface area contributed by atoms with Crippen molar-refractivity contribution in [2.45, 2.75) is 60.3 Å². The van der Waals surface area contributed by atoms with Crippen molar-refractivity contribution in [2.24, 2.45) is 0 Å². The SMILES string of the molecule is C[C@H](C(=O)N1CCC(c2ccc(S(=O)(=O)Nc3ncns3)cc2)CC1)n1ccc2c(F)cccc21.O=S(=O)(Nc1ncns1)c1ccc(C2CCNCC2)cc1. The molecule has 0 unspecified atom stereocenters. The highest BCUT2D eigenvalue weighted by atomic mass is 32.2. The number of carbonyl (C=O) groups is 1. The zero-order chi connectivity index (χ0) is 39.3. The number of likely N-dealkylation sites (tertiary alicyclic amines) is 1. The summed E-state index contributed by atoms with van der Waals surface area (Å²) < 4.78 is 77.7. The van der Waals surface area contributed by atoms with Gasteiger partial charge in [0.05, 0.1) is 15.3 Å². The van der Waals surface area contributed by atoms with E-state index in [9.17, 15) is 26.0 Å². The van der Waals surface area contributed by atoms with Gasteiger partial charge in [0.15, 0.2) is 0 Å². The molecular formula is C37H40FN9O5S4. The fraction of sp³-hybridized carbons (Fsp3) is 0.324. The monoisotopic (exact) mass is 837 g/mol. The number of amides is 1. The number of fused-ring (bicyclic) bond motifs is 1. The Bertz CT molecular complexity index is 2450. The molecule has 6 aromatic rings. The van der Waals surface area contributed by atoms with Gasteiger partial charge in [-0.25, -0.2) is 31.2 Å². The van der Waals surface area contributed by atoms with E-state index in [1.54, 1.807) is 42.6 Å². The summed E-state index contributed by atoms with van der Waals surface area (Å²) in [6.07, 6.45) is 8.14. The van der Waals surface area contributed by atoms with Crippen molar-refractivity contribution in [3.05, 3.63) is 109 Å². The van der Waals surface area contributed by atoms with E-state index >= 15 is 0 Å². The molecule has 14 nitrogen and oxygen atoms in total. The number of rotatable bonds is 10. The van der Waals surface area contributed by atoms with Crippen LogP contribution in [0.4, 0.5) is 14.7 Å². The Balaban J connectivity index is 0.000000195. The van der Waals surface area contributed by atoms with Gasteiger partial charge in [0.25, 0.3) is 20.0 Å². The lowest BCUT2D eigenvalue weighted by Gasteiger charge is -2.34. The molecule has 2 aliphatic rings. The predicted molar refractivity (Wildman–Crippen MR) is 214 cm³/mol. The Kier molecular flexibility index (Phi) is 12.1. The molecule has 2 aliphatic heterocycles. The molecule has 0 saturated carbocycles. The second-order valence-electron chi connectivity index (χ2n) is 13.5. The minimum atomic E-state index is -3.72. The molecule has 0 radical (unpaired) electrons. The zero-order valence-corrected chi connectivity index (χ0v) is 33.6. The Labute approximate surface area is 332 Å². The molecule has 1 atom stereocenters. The maximum atomic E-state index is 14.0. The average molecular weight is 838 g/mol. The third-order valence-electron chi connectivity index (χ3n) is 10.1. The van der Waals surface area contributed by atoms with Crippen LogP contribution in [0.25, 0.3) is 10.9 Å². The molecule has 2 fully saturated rings. The van der Waals surface area contributed by atoms with Crippen molar-refractivity contribution in [3.8, 4) is 0 Å². The van der Waals surface area contributed by atoms with E-state index in [-0.39, 0.29) is 37.7 Å². The number of anilines is 2. The summed E-state index contributed by atoms with van der Waals surface area (Å²) in [6, 6.07) is 20.1. The summed E-state index contributed by atoms with van der Waals surface area (Å²) in [5.74, 6) is 0.466. The van der Waals surface area contributed by atoms with Crippen LogP contribution >= 0.6 is 23.1 Å². The Hall–Kier alpha value is -4.82. The van der Waals surface area contributed by atoms with Crippen LogP contribution in [0, 0.1) is 5.82 Å². The molecule has 0 bridgehead atoms. The molecule has 8 rings (SSSR count). The van der Waals surface area contributed by atoms with Gasteiger partial charge in [-0.05, 0) is 111 Å². The maximum Gasteiger partial charge on any atom is 0.263 e. The van der Waals surface area contributed by atoms with Crippen molar-refractivity contribution in [2.75, 3.05) is 35.6 Å². The van der Waals surface area contributed by atoms with Crippen molar-refractivity contribution >= 4 is 70.2 Å². The molecule has 19 heteroatoms. The first-order chi connectivity index (χ1) is 27.0. The summed E-state index contributed by atoms with van der Waals surface area (Å²) in [4.78, 5) is 23.1. The second kappa shape index (κ2) is 17.1. The number of halogens is 1. The van der Waals surface area contributed by atoms with E-state index in [1.165, 1.54) is 24.3 Å². The summed E-state index contributed by atoms with van der Waals surface area (Å²) in [6.45, 7) is 5.10. The molecule has 3 N–H and O–H groups in total. The summed E-state index contributed by atoms with van der Waals surface area (Å²) in [5, 5.41) is 4.33. The van der Waals surface area contributed by atoms with E-state index in [0.717, 1.165) is 67.4 Å². The third-order valence-corrected chi connectivity index (χ3v) is 14.2. The van der Waals surface area contributed by atoms with Gasteiger partial charge >= 0.3 is 0 Å². The fourth-order valence-corrected chi connectivity index (χ4v) is 10.4. The quantitative estimate of drug-likeness (QED) is 0.144. The fourth-order valence-electron chi connectivity index (χ4n) is 7.08. The molecule has 0 spiro atoms. The number of carbonyl (C=O) groups excluding carboxylic acids is 1. The number of hydrogen-bond donors (Lipinski definition) is 3. The van der Waals surface area contributed by atoms with Gasteiger partial charge in [-0.1, -0.05) is 30.3 Å². The molecule has 3 aromatic carbocycles. The normalized spacial score (nSPS) is 16.2. The topological polar surface area (TPSA) is 181 Å². The van der Waals surface area contributed by atoms with E-state index in [4.69, 9.17) is 0 Å². The number of hydrogen-bond acceptors (Lipinski definition) is 12. The highest BCUT2D eigenvalue weighted by molar-refractivity contribution is 7.93. The maximum absolute atomic E-state index is 14.0. The Morgan fingerprint density at radius 2 is 1.29 bits per heavy atom. The standard InChI is InChI=1S/C24H24FN5O3S2.C13H16N4O2S2/c1-16(30-14-11-20-21(25)3-2-4-22(20)30)23(31)29-12-9-18(10-13-29)17-5-7-19(8-6-17)35(32,33)28-24-26-15-27-34-24;18-21(19,17-13-15-9-16-20-13)12-3-1-10(2-4-12)11-5-7-14-8-6-11/h2-8,11,14-16,18H,9-10,12-13H2,1H3,(H,26,27,28);1-4,9,11,14H,5-8H2,(H,15,16,17)/t16-;/m1./s1. The van der Waals surface area contributed by atoms with Crippen LogP contribution in [0.2, 0.25) is 0 Å². The van der Waals surface area contributed by atoms with Crippen LogP contribution in [-0.4, -0.2) is 77.1 Å². The second-order valence-corrected chi connectivity index (χ2v) is 18.5. The van der Waals surface area contributed by atoms with E-state index in [0.29, 0.717) is 29.9 Å². The number of nitrogens with zero attached hydrogens (tertiary/aromatic N) is 6. The molecule has 1 amide bonds. The van der Waals surface area contributed by atoms with Crippen LogP contribution in [0.15, 0.2) is 101 Å². The number of aromatic nitrogens is 5. The molecule has 0 aliphatic carbocycles. The first-order valence-electron chi connectivity index (χ1n) is 18.0. The van der Waals surface area contributed by atoms with E-state index in [2.05, 4.69) is 33.5 Å². The number of piperidine rings is 2. The summed E-state index contributed by atoms with van der Waals surface area (Å²) in [5.41, 5.74) is 2.95. The molecule has 294 valence electrons. The van der Waals surface area contributed by atoms with E-state index < -0.39 is 26.1 Å². The highest BCUT2D eigenvalue weighted by Gasteiger charge is 2.29. The predicted octanol–water partition coefficient (Wildman–Crippen LogP) is 6.21. The average Bonchev–Trinajstić information content (AvgIpc) is 4.02. The van der Waals surface area contributed by atoms with E-state index in [1.807, 2.05) is 46.7 Å². The first kappa shape index (κ1) is 39.4. The van der Waals surface area contributed by atoms with Gasteiger partial charge in [0.1, 0.15) is 24.5 Å². The van der Waals surface area contributed by atoms with Crippen LogP contribution in [0.5, 0.6) is 0 Å². The van der Waals surface area contributed by atoms with Crippen LogP contribution in [0.1, 0.15) is 61.6 Å². The van der Waals surface area contributed by atoms with Gasteiger partial charge in [-0.15, -0.1) is 0 Å². The van der Waals surface area contributed by atoms with Gasteiger partial charge in [-0.3, -0.25) is 14.2 Å². The van der Waals surface area contributed by atoms with Crippen molar-refractivity contribution in [1.29, 1.82) is 0 Å². The lowest BCUT2D eigenvalue weighted by molar-refractivity contribution is -0.135. The number of benzene rings is 3. The molecule has 3 aromatic heterocycles. The molecule has 5 heterocycles. The van der Waals surface area contributed by atoms with Crippen molar-refractivity contribution in [1.82, 2.24) is 33.5 Å². The highest BCUT2D eigenvalue weighted by Crippen LogP contribution is 2.31. The smallest absolute Gasteiger partial charge is 0.263 e. The Morgan fingerprint density at radius 3 is 1.79 bits per heavy atom. The largest absolute Gasteiger partial charge is 0.341 e.